The third-order valence-electron chi connectivity index (χ3n) is 4.67. The molecule has 27 heavy (non-hydrogen) atoms. The maximum absolute atomic E-state index is 12.5. The first-order valence-electron chi connectivity index (χ1n) is 8.67. The minimum Gasteiger partial charge on any atom is -0.423 e. The van der Waals surface area contributed by atoms with Crippen LogP contribution in [0.25, 0.3) is 21.9 Å². The van der Waals surface area contributed by atoms with Gasteiger partial charge in [0, 0.05) is 40.3 Å². The van der Waals surface area contributed by atoms with Gasteiger partial charge < -0.3 is 20.5 Å². The lowest BCUT2D eigenvalue weighted by Crippen LogP contribution is -2.37. The molecule has 0 saturated heterocycles. The molecule has 0 radical (unpaired) electrons. The molecule has 1 atom stereocenters. The SMILES string of the molecule is Cc1cc(=O)oc2cc(NC(=O)[C@H](N)Cc3c[nH]c4ccccc34)ccc12. The third kappa shape index (κ3) is 3.35. The first-order chi connectivity index (χ1) is 13.0. The van der Waals surface area contributed by atoms with Gasteiger partial charge in [-0.2, -0.15) is 0 Å². The Morgan fingerprint density at radius 3 is 2.85 bits per heavy atom. The van der Waals surface area contributed by atoms with E-state index in [1.807, 2.05) is 43.5 Å². The zero-order valence-electron chi connectivity index (χ0n) is 14.8. The zero-order chi connectivity index (χ0) is 19.0. The van der Waals surface area contributed by atoms with E-state index < -0.39 is 11.7 Å². The van der Waals surface area contributed by atoms with Gasteiger partial charge >= 0.3 is 5.63 Å². The Morgan fingerprint density at radius 1 is 1.19 bits per heavy atom. The monoisotopic (exact) mass is 361 g/mol. The first-order valence-corrected chi connectivity index (χ1v) is 8.67. The van der Waals surface area contributed by atoms with Gasteiger partial charge in [0.05, 0.1) is 6.04 Å². The van der Waals surface area contributed by atoms with E-state index in [0.29, 0.717) is 17.7 Å². The molecule has 0 fully saturated rings. The average molecular weight is 361 g/mol. The number of para-hydroxylation sites is 1. The number of amides is 1. The highest BCUT2D eigenvalue weighted by Gasteiger charge is 2.17. The van der Waals surface area contributed by atoms with E-state index in [4.69, 9.17) is 10.2 Å². The normalized spacial score (nSPS) is 12.4. The van der Waals surface area contributed by atoms with Gasteiger partial charge in [-0.15, -0.1) is 0 Å². The van der Waals surface area contributed by atoms with E-state index in [2.05, 4.69) is 10.3 Å². The Bertz CT molecular complexity index is 1210. The predicted molar refractivity (Wildman–Crippen MR) is 106 cm³/mol. The second-order valence-corrected chi connectivity index (χ2v) is 6.62. The second-order valence-electron chi connectivity index (χ2n) is 6.62. The van der Waals surface area contributed by atoms with Gasteiger partial charge in [0.15, 0.2) is 0 Å². The van der Waals surface area contributed by atoms with Crippen LogP contribution in [-0.2, 0) is 11.2 Å². The lowest BCUT2D eigenvalue weighted by Gasteiger charge is -2.12. The lowest BCUT2D eigenvalue weighted by atomic mass is 10.0. The van der Waals surface area contributed by atoms with Gasteiger partial charge in [0.2, 0.25) is 5.91 Å². The fourth-order valence-electron chi connectivity index (χ4n) is 3.27. The molecule has 0 saturated carbocycles. The summed E-state index contributed by atoms with van der Waals surface area (Å²) in [5.41, 5.74) is 9.50. The van der Waals surface area contributed by atoms with E-state index in [9.17, 15) is 9.59 Å². The van der Waals surface area contributed by atoms with Crippen molar-refractivity contribution in [3.05, 3.63) is 76.3 Å². The van der Waals surface area contributed by atoms with Gasteiger partial charge in [-0.25, -0.2) is 4.79 Å². The van der Waals surface area contributed by atoms with E-state index in [1.165, 1.54) is 6.07 Å². The second kappa shape index (κ2) is 6.74. The molecule has 2 aromatic heterocycles. The van der Waals surface area contributed by atoms with Crippen LogP contribution < -0.4 is 16.7 Å². The van der Waals surface area contributed by atoms with Crippen LogP contribution in [-0.4, -0.2) is 16.9 Å². The number of H-pyrrole nitrogens is 1. The maximum Gasteiger partial charge on any atom is 0.336 e. The number of carbonyl (C=O) groups is 1. The molecule has 6 heteroatoms. The van der Waals surface area contributed by atoms with E-state index in [1.54, 1.807) is 12.1 Å². The molecule has 4 rings (SSSR count). The Labute approximate surface area is 155 Å². The van der Waals surface area contributed by atoms with Gasteiger partial charge in [0.25, 0.3) is 0 Å². The molecule has 4 aromatic rings. The fourth-order valence-corrected chi connectivity index (χ4v) is 3.27. The van der Waals surface area contributed by atoms with Crippen molar-refractivity contribution in [3.8, 4) is 0 Å². The topological polar surface area (TPSA) is 101 Å². The van der Waals surface area contributed by atoms with Crippen LogP contribution in [0.5, 0.6) is 0 Å². The summed E-state index contributed by atoms with van der Waals surface area (Å²) < 4.78 is 5.22. The highest BCUT2D eigenvalue weighted by Crippen LogP contribution is 2.22. The number of anilines is 1. The zero-order valence-corrected chi connectivity index (χ0v) is 14.8. The molecule has 0 bridgehead atoms. The van der Waals surface area contributed by atoms with Crippen LogP contribution in [0.15, 0.2) is 63.9 Å². The molecule has 0 aliphatic carbocycles. The Kier molecular flexibility index (Phi) is 4.25. The van der Waals surface area contributed by atoms with Crippen molar-refractivity contribution >= 4 is 33.5 Å². The van der Waals surface area contributed by atoms with Gasteiger partial charge in [0.1, 0.15) is 5.58 Å². The first kappa shape index (κ1) is 17.1. The summed E-state index contributed by atoms with van der Waals surface area (Å²) in [6.45, 7) is 1.84. The number of hydrogen-bond acceptors (Lipinski definition) is 4. The highest BCUT2D eigenvalue weighted by atomic mass is 16.4. The van der Waals surface area contributed by atoms with Gasteiger partial charge in [-0.05, 0) is 42.7 Å². The van der Waals surface area contributed by atoms with Crippen LogP contribution in [0, 0.1) is 6.92 Å². The lowest BCUT2D eigenvalue weighted by molar-refractivity contribution is -0.117. The summed E-state index contributed by atoms with van der Waals surface area (Å²) in [6.07, 6.45) is 2.29. The molecular weight excluding hydrogens is 342 g/mol. The summed E-state index contributed by atoms with van der Waals surface area (Å²) in [4.78, 5) is 27.2. The quantitative estimate of drug-likeness (QED) is 0.486. The molecule has 136 valence electrons. The summed E-state index contributed by atoms with van der Waals surface area (Å²) >= 11 is 0. The third-order valence-corrected chi connectivity index (χ3v) is 4.67. The fraction of sp³-hybridized carbons (Fsp3) is 0.143. The minimum atomic E-state index is -0.704. The van der Waals surface area contributed by atoms with E-state index in [-0.39, 0.29) is 5.91 Å². The smallest absolute Gasteiger partial charge is 0.336 e. The molecule has 4 N–H and O–H groups in total. The summed E-state index contributed by atoms with van der Waals surface area (Å²) in [6, 6.07) is 13.8. The van der Waals surface area contributed by atoms with Crippen molar-refractivity contribution in [2.24, 2.45) is 5.73 Å². The van der Waals surface area contributed by atoms with E-state index in [0.717, 1.165) is 27.4 Å². The number of nitrogens with two attached hydrogens (primary N) is 1. The van der Waals surface area contributed by atoms with Crippen LogP contribution in [0.3, 0.4) is 0 Å². The van der Waals surface area contributed by atoms with Gasteiger partial charge in [-0.3, -0.25) is 4.79 Å². The minimum absolute atomic E-state index is 0.297. The molecule has 0 spiro atoms. The Balaban J connectivity index is 1.53. The molecule has 0 unspecified atom stereocenters. The number of fused-ring (bicyclic) bond motifs is 2. The van der Waals surface area contributed by atoms with Gasteiger partial charge in [-0.1, -0.05) is 18.2 Å². The molecular formula is C21H19N3O3. The Hall–Kier alpha value is -3.38. The summed E-state index contributed by atoms with van der Waals surface area (Å²) in [7, 11) is 0. The van der Waals surface area contributed by atoms with Crippen LogP contribution in [0.1, 0.15) is 11.1 Å². The van der Waals surface area contributed by atoms with Crippen molar-refractivity contribution in [1.82, 2.24) is 4.98 Å². The van der Waals surface area contributed by atoms with Crippen molar-refractivity contribution in [2.75, 3.05) is 5.32 Å². The molecule has 0 aliphatic rings. The maximum atomic E-state index is 12.5. The number of carbonyl (C=O) groups excluding carboxylic acids is 1. The molecule has 1 amide bonds. The number of rotatable bonds is 4. The summed E-state index contributed by atoms with van der Waals surface area (Å²) in [5.74, 6) is -0.297. The van der Waals surface area contributed by atoms with Crippen LogP contribution >= 0.6 is 0 Å². The molecule has 0 aliphatic heterocycles. The highest BCUT2D eigenvalue weighted by molar-refractivity contribution is 5.97. The largest absolute Gasteiger partial charge is 0.423 e. The van der Waals surface area contributed by atoms with Crippen molar-refractivity contribution in [2.45, 2.75) is 19.4 Å². The average Bonchev–Trinajstić information content (AvgIpc) is 3.04. The standard InChI is InChI=1S/C21H19N3O3/c1-12-8-20(25)27-19-10-14(6-7-15(12)19)24-21(26)17(22)9-13-11-23-18-5-3-2-4-16(13)18/h2-8,10-11,17,23H,9,22H2,1H3,(H,24,26)/t17-/m1/s1. The van der Waals surface area contributed by atoms with Crippen molar-refractivity contribution in [3.63, 3.8) is 0 Å². The van der Waals surface area contributed by atoms with Crippen LogP contribution in [0.2, 0.25) is 0 Å². The molecule has 2 heterocycles. The number of aryl methyl sites for hydroxylation is 1. The number of aromatic nitrogens is 1. The Morgan fingerprint density at radius 2 is 2.00 bits per heavy atom. The number of benzene rings is 2. The summed E-state index contributed by atoms with van der Waals surface area (Å²) in [5, 5.41) is 4.69. The predicted octanol–water partition coefficient (Wildman–Crippen LogP) is 3.09. The van der Waals surface area contributed by atoms with Crippen molar-refractivity contribution < 1.29 is 9.21 Å². The van der Waals surface area contributed by atoms with Crippen molar-refractivity contribution in [1.29, 1.82) is 0 Å². The van der Waals surface area contributed by atoms with E-state index >= 15 is 0 Å². The number of hydrogen-bond donors (Lipinski definition) is 3. The number of nitrogens with one attached hydrogen (secondary N) is 2. The van der Waals surface area contributed by atoms with Crippen LogP contribution in [0.4, 0.5) is 5.69 Å². The number of aromatic amines is 1. The molecule has 6 nitrogen and oxygen atoms in total. The molecule has 2 aromatic carbocycles.